The third-order valence-corrected chi connectivity index (χ3v) is 2.17. The van der Waals surface area contributed by atoms with Crippen LogP contribution in [0, 0.1) is 0 Å². The minimum absolute atomic E-state index is 0.748. The fourth-order valence-electron chi connectivity index (χ4n) is 1.34. The maximum absolute atomic E-state index is 5.58. The van der Waals surface area contributed by atoms with E-state index in [1.807, 2.05) is 86.5 Å². The molecule has 2 rings (SSSR count). The van der Waals surface area contributed by atoms with Crippen molar-refractivity contribution in [1.82, 2.24) is 4.81 Å². The number of hydrogen-bond acceptors (Lipinski definition) is 3. The van der Waals surface area contributed by atoms with E-state index in [2.05, 4.69) is 0 Å². The monoisotopic (exact) mass is 270 g/mol. The van der Waals surface area contributed by atoms with Gasteiger partial charge < -0.3 is 14.2 Å². The quantitative estimate of drug-likeness (QED) is 0.775. The summed E-state index contributed by atoms with van der Waals surface area (Å²) in [5, 5.41) is 0. The Morgan fingerprint density at radius 3 is 1.60 bits per heavy atom. The summed E-state index contributed by atoms with van der Waals surface area (Å²) in [6, 6.07) is 19.5. The summed E-state index contributed by atoms with van der Waals surface area (Å²) in [6.07, 6.45) is 0. The third kappa shape index (κ3) is 7.61. The van der Waals surface area contributed by atoms with E-state index < -0.39 is 0 Å². The molecule has 0 unspecified atom stereocenters. The van der Waals surface area contributed by atoms with E-state index in [4.69, 9.17) is 9.39 Å². The van der Waals surface area contributed by atoms with Gasteiger partial charge in [0, 0.05) is 6.61 Å². The van der Waals surface area contributed by atoms with Crippen molar-refractivity contribution in [3.05, 3.63) is 60.7 Å². The lowest BCUT2D eigenvalue weighted by atomic mass is 10.2. The van der Waals surface area contributed by atoms with Gasteiger partial charge in [0.2, 0.25) is 0 Å². The second-order valence-corrected chi connectivity index (χ2v) is 4.25. The highest BCUT2D eigenvalue weighted by atomic mass is 16.5. The number of ether oxygens (including phenoxy) is 1. The molecule has 0 aliphatic heterocycles. The van der Waals surface area contributed by atoms with Crippen molar-refractivity contribution in [2.24, 2.45) is 0 Å². The van der Waals surface area contributed by atoms with Gasteiger partial charge in [0.05, 0.1) is 0 Å². The lowest BCUT2D eigenvalue weighted by Gasteiger charge is -2.03. The Balaban J connectivity index is 0.000000246. The fourth-order valence-corrected chi connectivity index (χ4v) is 1.34. The van der Waals surface area contributed by atoms with E-state index in [-0.39, 0.29) is 0 Å². The Morgan fingerprint density at radius 1 is 0.850 bits per heavy atom. The zero-order chi connectivity index (χ0) is 14.6. The smallest absolute Gasteiger partial charge is 0.398 e. The molecule has 0 fully saturated rings. The van der Waals surface area contributed by atoms with Crippen molar-refractivity contribution in [1.29, 1.82) is 0 Å². The van der Waals surface area contributed by atoms with Crippen molar-refractivity contribution in [2.75, 3.05) is 20.7 Å². The summed E-state index contributed by atoms with van der Waals surface area (Å²) in [7, 11) is 5.53. The normalized spacial score (nSPS) is 9.60. The van der Waals surface area contributed by atoms with Gasteiger partial charge in [0.25, 0.3) is 0 Å². The molecule has 0 N–H and O–H groups in total. The van der Waals surface area contributed by atoms with Crippen molar-refractivity contribution < 1.29 is 9.39 Å². The molecule has 0 saturated carbocycles. The largest absolute Gasteiger partial charge is 0.457 e. The minimum Gasteiger partial charge on any atom is -0.457 e. The molecule has 2 aromatic carbocycles. The molecule has 0 aliphatic rings. The van der Waals surface area contributed by atoms with Gasteiger partial charge in [-0.3, -0.25) is 0 Å². The molecule has 0 heterocycles. The SMILES string of the molecule is CCO[B]N(C)C.c1ccc(Oc2ccccc2)cc1. The Labute approximate surface area is 122 Å². The molecule has 0 aromatic heterocycles. The highest BCUT2D eigenvalue weighted by molar-refractivity contribution is 6.22. The van der Waals surface area contributed by atoms with Gasteiger partial charge in [-0.1, -0.05) is 36.4 Å². The second-order valence-electron chi connectivity index (χ2n) is 4.25. The molecule has 4 heteroatoms. The molecule has 105 valence electrons. The van der Waals surface area contributed by atoms with Crippen LogP contribution in [0.15, 0.2) is 60.7 Å². The molecule has 0 spiro atoms. The Hall–Kier alpha value is -1.78. The van der Waals surface area contributed by atoms with E-state index in [0.717, 1.165) is 18.1 Å². The number of rotatable bonds is 5. The number of nitrogens with zero attached hydrogens (tertiary/aromatic N) is 1. The maximum atomic E-state index is 5.58. The first-order valence-corrected chi connectivity index (χ1v) is 6.61. The van der Waals surface area contributed by atoms with Crippen molar-refractivity contribution in [3.63, 3.8) is 0 Å². The fraction of sp³-hybridized carbons (Fsp3) is 0.250. The summed E-state index contributed by atoms with van der Waals surface area (Å²) < 4.78 is 10.5. The van der Waals surface area contributed by atoms with Gasteiger partial charge in [-0.15, -0.1) is 0 Å². The Bertz CT molecular complexity index is 411. The van der Waals surface area contributed by atoms with Crippen LogP contribution in [-0.2, 0) is 4.65 Å². The first-order chi connectivity index (χ1) is 9.72. The topological polar surface area (TPSA) is 21.7 Å². The first-order valence-electron chi connectivity index (χ1n) is 6.61. The number of benzene rings is 2. The van der Waals surface area contributed by atoms with Crippen LogP contribution in [0.5, 0.6) is 11.5 Å². The molecule has 1 radical (unpaired) electrons. The first kappa shape index (κ1) is 16.3. The molecule has 3 nitrogen and oxygen atoms in total. The van der Waals surface area contributed by atoms with Gasteiger partial charge in [-0.25, -0.2) is 0 Å². The molecule has 0 aliphatic carbocycles. The summed E-state index contributed by atoms with van der Waals surface area (Å²) in [5.74, 6) is 1.74. The van der Waals surface area contributed by atoms with Crippen molar-refractivity contribution in [2.45, 2.75) is 6.92 Å². The van der Waals surface area contributed by atoms with Gasteiger partial charge in [0.1, 0.15) is 11.5 Å². The van der Waals surface area contributed by atoms with Crippen LogP contribution in [0.4, 0.5) is 0 Å². The van der Waals surface area contributed by atoms with E-state index in [0.29, 0.717) is 0 Å². The zero-order valence-corrected chi connectivity index (χ0v) is 12.3. The molecule has 2 aromatic rings. The van der Waals surface area contributed by atoms with Gasteiger partial charge in [0.15, 0.2) is 0 Å². The van der Waals surface area contributed by atoms with Crippen LogP contribution in [0.2, 0.25) is 0 Å². The van der Waals surface area contributed by atoms with E-state index >= 15 is 0 Å². The van der Waals surface area contributed by atoms with Crippen molar-refractivity contribution in [3.8, 4) is 11.5 Å². The summed E-state index contributed by atoms with van der Waals surface area (Å²) in [4.78, 5) is 1.86. The molecular weight excluding hydrogens is 249 g/mol. The van der Waals surface area contributed by atoms with Crippen molar-refractivity contribution >= 4 is 7.62 Å². The van der Waals surface area contributed by atoms with Gasteiger partial charge in [-0.05, 0) is 45.3 Å². The molecule has 0 bridgehead atoms. The highest BCUT2D eigenvalue weighted by Crippen LogP contribution is 2.19. The predicted octanol–water partition coefficient (Wildman–Crippen LogP) is 3.60. The van der Waals surface area contributed by atoms with E-state index in [9.17, 15) is 0 Å². The van der Waals surface area contributed by atoms with Crippen LogP contribution >= 0.6 is 0 Å². The molecule has 0 atom stereocenters. The lowest BCUT2D eigenvalue weighted by molar-refractivity contribution is 0.326. The van der Waals surface area contributed by atoms with Crippen LogP contribution in [0.25, 0.3) is 0 Å². The molecule has 20 heavy (non-hydrogen) atoms. The summed E-state index contributed by atoms with van der Waals surface area (Å²) in [5.41, 5.74) is 0. The zero-order valence-electron chi connectivity index (χ0n) is 12.3. The predicted molar refractivity (Wildman–Crippen MR) is 84.0 cm³/mol. The van der Waals surface area contributed by atoms with E-state index in [1.54, 1.807) is 7.62 Å². The standard InChI is InChI=1S/C12H10O.C4H11BNO/c1-3-7-11(8-4-1)13-12-9-5-2-6-10-12;1-4-7-5-6(2)3/h1-10H;4H2,1-3H3. The van der Waals surface area contributed by atoms with Crippen LogP contribution in [0.1, 0.15) is 6.92 Å². The third-order valence-electron chi connectivity index (χ3n) is 2.17. The number of para-hydroxylation sites is 2. The maximum Gasteiger partial charge on any atom is 0.398 e. The second kappa shape index (κ2) is 10.1. The average molecular weight is 270 g/mol. The minimum atomic E-state index is 0.748. The Morgan fingerprint density at radius 2 is 1.30 bits per heavy atom. The van der Waals surface area contributed by atoms with E-state index in [1.165, 1.54) is 0 Å². The summed E-state index contributed by atoms with van der Waals surface area (Å²) in [6.45, 7) is 2.71. The van der Waals surface area contributed by atoms with Crippen LogP contribution < -0.4 is 4.74 Å². The average Bonchev–Trinajstić information content (AvgIpc) is 2.48. The van der Waals surface area contributed by atoms with Gasteiger partial charge in [-0.2, -0.15) is 0 Å². The molecule has 0 amide bonds. The highest BCUT2D eigenvalue weighted by Gasteiger charge is 1.92. The van der Waals surface area contributed by atoms with Crippen LogP contribution in [-0.4, -0.2) is 33.1 Å². The Kier molecular flexibility index (Phi) is 8.19. The summed E-state index contributed by atoms with van der Waals surface area (Å²) >= 11 is 0. The lowest BCUT2D eigenvalue weighted by Crippen LogP contribution is -2.20. The molecular formula is C16H21BNO2. The number of hydrogen-bond donors (Lipinski definition) is 0. The molecule has 0 saturated heterocycles. The van der Waals surface area contributed by atoms with Gasteiger partial charge >= 0.3 is 7.62 Å². The van der Waals surface area contributed by atoms with Crippen LogP contribution in [0.3, 0.4) is 0 Å².